The summed E-state index contributed by atoms with van der Waals surface area (Å²) < 4.78 is 13.7. The molecule has 32 heavy (non-hydrogen) atoms. The largest absolute Gasteiger partial charge is 0.296 e. The molecule has 1 fully saturated rings. The molecular weight excluding hydrogens is 435 g/mol. The van der Waals surface area contributed by atoms with Gasteiger partial charge in [-0.2, -0.15) is 0 Å². The van der Waals surface area contributed by atoms with Gasteiger partial charge in [0.2, 0.25) is 11.8 Å². The van der Waals surface area contributed by atoms with Crippen LogP contribution in [-0.2, 0) is 14.5 Å². The van der Waals surface area contributed by atoms with Crippen LogP contribution in [-0.4, -0.2) is 16.7 Å². The predicted octanol–water partition coefficient (Wildman–Crippen LogP) is 4.48. The number of hydrogen-bond acceptors (Lipinski definition) is 4. The molecule has 3 aromatic rings. The quantitative estimate of drug-likeness (QED) is 0.250. The molecule has 3 aromatic carbocycles. The molecule has 158 valence electrons. The number of alkyl halides is 1. The molecule has 7 rings (SSSR count). The molecule has 3 aliphatic carbocycles. The van der Waals surface area contributed by atoms with Crippen LogP contribution in [0, 0.1) is 27.8 Å². The maximum Gasteiger partial charge on any atom is 0.296 e. The minimum atomic E-state index is -1.29. The molecule has 0 spiro atoms. The van der Waals surface area contributed by atoms with Crippen molar-refractivity contribution in [2.24, 2.45) is 11.8 Å². The van der Waals surface area contributed by atoms with Crippen molar-refractivity contribution in [2.75, 3.05) is 4.90 Å². The van der Waals surface area contributed by atoms with E-state index in [1.165, 1.54) is 0 Å². The molecule has 0 aromatic heterocycles. The van der Waals surface area contributed by atoms with Crippen LogP contribution in [0.25, 0.3) is 0 Å². The lowest BCUT2D eigenvalue weighted by molar-refractivity contribution is -0.384. The van der Waals surface area contributed by atoms with E-state index in [0.717, 1.165) is 39.3 Å². The number of anilines is 1. The molecular formula is C24H14ClFN2O4. The van der Waals surface area contributed by atoms with Crippen molar-refractivity contribution in [2.45, 2.75) is 10.8 Å². The number of amides is 2. The lowest BCUT2D eigenvalue weighted by Crippen LogP contribution is -2.50. The summed E-state index contributed by atoms with van der Waals surface area (Å²) in [7, 11) is 0. The Hall–Kier alpha value is -3.58. The summed E-state index contributed by atoms with van der Waals surface area (Å²) >= 11 is 7.31. The van der Waals surface area contributed by atoms with Gasteiger partial charge in [0.05, 0.1) is 22.8 Å². The number of hydrogen-bond donors (Lipinski definition) is 0. The van der Waals surface area contributed by atoms with Crippen LogP contribution in [0.5, 0.6) is 0 Å². The number of nitro groups is 1. The van der Waals surface area contributed by atoms with Crippen LogP contribution < -0.4 is 4.90 Å². The first kappa shape index (κ1) is 19.1. The Morgan fingerprint density at radius 1 is 0.938 bits per heavy atom. The summed E-state index contributed by atoms with van der Waals surface area (Å²) in [6.45, 7) is 0. The van der Waals surface area contributed by atoms with Crippen molar-refractivity contribution in [1.82, 2.24) is 0 Å². The number of benzene rings is 3. The Morgan fingerprint density at radius 2 is 1.53 bits per heavy atom. The van der Waals surface area contributed by atoms with E-state index in [0.29, 0.717) is 6.07 Å². The van der Waals surface area contributed by atoms with Gasteiger partial charge in [0, 0.05) is 5.92 Å². The molecule has 2 amide bonds. The average Bonchev–Trinajstić information content (AvgIpc) is 3.06. The molecule has 0 radical (unpaired) electrons. The van der Waals surface area contributed by atoms with Crippen LogP contribution in [0.2, 0.25) is 0 Å². The van der Waals surface area contributed by atoms with E-state index in [-0.39, 0.29) is 5.69 Å². The van der Waals surface area contributed by atoms with Gasteiger partial charge in [-0.15, -0.1) is 11.6 Å². The van der Waals surface area contributed by atoms with E-state index in [1.54, 1.807) is 0 Å². The first-order valence-electron chi connectivity index (χ1n) is 10.0. The Bertz CT molecular complexity index is 1330. The minimum absolute atomic E-state index is 0.242. The third-order valence-electron chi connectivity index (χ3n) is 6.89. The van der Waals surface area contributed by atoms with Crippen molar-refractivity contribution in [3.63, 3.8) is 0 Å². The zero-order valence-corrected chi connectivity index (χ0v) is 17.1. The van der Waals surface area contributed by atoms with Gasteiger partial charge in [0.1, 0.15) is 16.4 Å². The van der Waals surface area contributed by atoms with Crippen molar-refractivity contribution in [3.05, 3.63) is 105 Å². The lowest BCUT2D eigenvalue weighted by Gasteiger charge is -2.50. The smallest absolute Gasteiger partial charge is 0.274 e. The lowest BCUT2D eigenvalue weighted by atomic mass is 9.54. The summed E-state index contributed by atoms with van der Waals surface area (Å²) in [4.78, 5) is 37.7. The molecule has 0 unspecified atom stereocenters. The van der Waals surface area contributed by atoms with Gasteiger partial charge in [0.25, 0.3) is 5.69 Å². The first-order valence-corrected chi connectivity index (χ1v) is 10.4. The molecule has 0 saturated carbocycles. The van der Waals surface area contributed by atoms with Gasteiger partial charge >= 0.3 is 0 Å². The summed E-state index contributed by atoms with van der Waals surface area (Å²) in [5.41, 5.74) is 2.40. The molecule has 0 N–H and O–H groups in total. The molecule has 8 heteroatoms. The molecule has 2 bridgehead atoms. The minimum Gasteiger partial charge on any atom is -0.274 e. The molecule has 4 aliphatic rings. The fourth-order valence-corrected chi connectivity index (χ4v) is 6.32. The monoisotopic (exact) mass is 448 g/mol. The fourth-order valence-electron chi connectivity index (χ4n) is 5.75. The normalized spacial score (nSPS) is 27.2. The van der Waals surface area contributed by atoms with E-state index < -0.39 is 50.9 Å². The second kappa shape index (κ2) is 6.23. The number of carbonyl (C=O) groups excluding carboxylic acids is 2. The van der Waals surface area contributed by atoms with E-state index in [9.17, 15) is 24.1 Å². The van der Waals surface area contributed by atoms with Gasteiger partial charge in [0.15, 0.2) is 0 Å². The number of halogens is 2. The highest BCUT2D eigenvalue weighted by atomic mass is 35.5. The van der Waals surface area contributed by atoms with Gasteiger partial charge < -0.3 is 0 Å². The molecule has 6 nitrogen and oxygen atoms in total. The third-order valence-corrected chi connectivity index (χ3v) is 7.53. The van der Waals surface area contributed by atoms with Crippen molar-refractivity contribution >= 4 is 34.8 Å². The Balaban J connectivity index is 1.61. The first-order chi connectivity index (χ1) is 15.4. The number of imide groups is 1. The summed E-state index contributed by atoms with van der Waals surface area (Å²) in [5, 5.41) is 11.6. The highest BCUT2D eigenvalue weighted by Crippen LogP contribution is 2.66. The molecule has 2 atom stereocenters. The maximum absolute atomic E-state index is 13.7. The fraction of sp³-hybridized carbons (Fsp3) is 0.167. The zero-order chi connectivity index (χ0) is 22.4. The van der Waals surface area contributed by atoms with E-state index in [1.807, 2.05) is 48.5 Å². The molecule has 1 aliphatic heterocycles. The van der Waals surface area contributed by atoms with Crippen LogP contribution in [0.4, 0.5) is 15.8 Å². The molecule has 1 heterocycles. The highest BCUT2D eigenvalue weighted by molar-refractivity contribution is 6.33. The average molecular weight is 449 g/mol. The summed E-state index contributed by atoms with van der Waals surface area (Å²) in [6.07, 6.45) is 0. The van der Waals surface area contributed by atoms with Crippen molar-refractivity contribution in [1.29, 1.82) is 0 Å². The van der Waals surface area contributed by atoms with Gasteiger partial charge in [-0.1, -0.05) is 48.5 Å². The van der Waals surface area contributed by atoms with Crippen molar-refractivity contribution < 1.29 is 18.9 Å². The van der Waals surface area contributed by atoms with Gasteiger partial charge in [-0.05, 0) is 34.4 Å². The SMILES string of the molecule is O=C1[C@H]2C3c4ccccc4C(Cl)(c4ccccc43)[C@H]2C(=O)N1c1ccc(F)cc1[N+](=O)[O-]. The predicted molar refractivity (Wildman–Crippen MR) is 114 cm³/mol. The zero-order valence-electron chi connectivity index (χ0n) is 16.4. The topological polar surface area (TPSA) is 80.5 Å². The third kappa shape index (κ3) is 2.14. The maximum atomic E-state index is 13.7. The summed E-state index contributed by atoms with van der Waals surface area (Å²) in [5.74, 6) is -4.15. The number of carbonyl (C=O) groups is 2. The second-order valence-electron chi connectivity index (χ2n) is 8.27. The number of nitro benzene ring substituents is 1. The Kier molecular flexibility index (Phi) is 3.73. The van der Waals surface area contributed by atoms with E-state index in [4.69, 9.17) is 11.6 Å². The van der Waals surface area contributed by atoms with Crippen molar-refractivity contribution in [3.8, 4) is 0 Å². The van der Waals surface area contributed by atoms with Gasteiger partial charge in [-0.3, -0.25) is 19.7 Å². The Labute approximate surface area is 186 Å². The van der Waals surface area contributed by atoms with E-state index in [2.05, 4.69) is 0 Å². The van der Waals surface area contributed by atoms with E-state index >= 15 is 0 Å². The number of nitrogens with zero attached hydrogens (tertiary/aromatic N) is 2. The molecule has 1 saturated heterocycles. The van der Waals surface area contributed by atoms with Crippen LogP contribution >= 0.6 is 11.6 Å². The summed E-state index contributed by atoms with van der Waals surface area (Å²) in [6, 6.07) is 17.8. The van der Waals surface area contributed by atoms with Crippen LogP contribution in [0.1, 0.15) is 28.2 Å². The van der Waals surface area contributed by atoms with Gasteiger partial charge in [-0.25, -0.2) is 9.29 Å². The highest BCUT2D eigenvalue weighted by Gasteiger charge is 2.68. The Morgan fingerprint density at radius 3 is 2.12 bits per heavy atom. The van der Waals surface area contributed by atoms with Crippen LogP contribution in [0.15, 0.2) is 66.7 Å². The standard InChI is InChI=1S/C24H14ClFN2O4/c25-24-15-7-3-1-5-13(15)19(14-6-2-4-8-16(14)24)20-21(24)23(30)27(22(20)29)17-10-9-12(26)11-18(17)28(31)32/h1-11,19-21H/t19?,20-,21+,24?/m0/s1. The number of rotatable bonds is 2. The van der Waals surface area contributed by atoms with Crippen LogP contribution in [0.3, 0.4) is 0 Å². The second-order valence-corrected chi connectivity index (χ2v) is 8.87.